The van der Waals surface area contributed by atoms with Gasteiger partial charge in [-0.15, -0.1) is 11.6 Å². The highest BCUT2D eigenvalue weighted by molar-refractivity contribution is 6.24. The van der Waals surface area contributed by atoms with Crippen molar-refractivity contribution in [1.29, 1.82) is 0 Å². The summed E-state index contributed by atoms with van der Waals surface area (Å²) in [6.45, 7) is 0.585. The molecule has 0 aliphatic carbocycles. The maximum absolute atomic E-state index is 11.9. The van der Waals surface area contributed by atoms with Crippen molar-refractivity contribution in [1.82, 2.24) is 4.98 Å². The number of fused-ring (bicyclic) bond motifs is 1. The van der Waals surface area contributed by atoms with Gasteiger partial charge >= 0.3 is 0 Å². The first-order chi connectivity index (χ1) is 8.25. The molecule has 2 heterocycles. The average Bonchev–Trinajstić information content (AvgIpc) is 2.68. The van der Waals surface area contributed by atoms with Gasteiger partial charge in [0, 0.05) is 36.1 Å². The summed E-state index contributed by atoms with van der Waals surface area (Å²) < 4.78 is 0. The Morgan fingerprint density at radius 2 is 2.24 bits per heavy atom. The van der Waals surface area contributed by atoms with Crippen LogP contribution < -0.4 is 4.90 Å². The molecule has 1 aromatic heterocycles. The predicted molar refractivity (Wildman–Crippen MR) is 68.4 cm³/mol. The highest BCUT2D eigenvalue weighted by atomic mass is 35.5. The number of hydrogen-bond donors (Lipinski definition) is 0. The van der Waals surface area contributed by atoms with Gasteiger partial charge in [0.1, 0.15) is 0 Å². The molecule has 3 rings (SSSR count). The summed E-state index contributed by atoms with van der Waals surface area (Å²) in [5.41, 5.74) is 0.929. The molecule has 1 saturated heterocycles. The first kappa shape index (κ1) is 10.5. The Morgan fingerprint density at radius 1 is 1.35 bits per heavy atom. The molecule has 1 aliphatic heterocycles. The molecule has 1 aromatic carbocycles. The maximum atomic E-state index is 11.9. The van der Waals surface area contributed by atoms with Crippen molar-refractivity contribution >= 4 is 34.0 Å². The zero-order valence-corrected chi connectivity index (χ0v) is 9.89. The molecule has 1 unspecified atom stereocenters. The first-order valence-corrected chi connectivity index (χ1v) is 5.96. The molecule has 2 aromatic rings. The number of carbonyl (C=O) groups excluding carboxylic acids is 1. The van der Waals surface area contributed by atoms with Crippen LogP contribution in [-0.4, -0.2) is 22.8 Å². The number of hydrogen-bond acceptors (Lipinski definition) is 2. The zero-order chi connectivity index (χ0) is 11.8. The molecule has 86 valence electrons. The topological polar surface area (TPSA) is 33.2 Å². The summed E-state index contributed by atoms with van der Waals surface area (Å²) in [5.74, 6) is 0.0920. The second-order valence-electron chi connectivity index (χ2n) is 4.18. The van der Waals surface area contributed by atoms with Crippen molar-refractivity contribution in [2.45, 2.75) is 11.8 Å². The summed E-state index contributed by atoms with van der Waals surface area (Å²) in [4.78, 5) is 17.7. The van der Waals surface area contributed by atoms with E-state index in [1.165, 1.54) is 0 Å². The fraction of sp³-hybridized carbons (Fsp3) is 0.231. The molecule has 0 radical (unpaired) electrons. The van der Waals surface area contributed by atoms with Crippen LogP contribution in [0.5, 0.6) is 0 Å². The lowest BCUT2D eigenvalue weighted by atomic mass is 10.1. The Morgan fingerprint density at radius 3 is 3.00 bits per heavy atom. The molecule has 17 heavy (non-hydrogen) atoms. The van der Waals surface area contributed by atoms with Crippen molar-refractivity contribution in [3.63, 3.8) is 0 Å². The standard InChI is InChI=1S/C13H11ClN2O/c14-10-6-13(17)16(8-10)12-3-1-2-9-7-15-5-4-11(9)12/h1-5,7,10H,6,8H2. The third kappa shape index (κ3) is 1.76. The number of pyridine rings is 1. The van der Waals surface area contributed by atoms with Gasteiger partial charge in [0.05, 0.1) is 11.1 Å². The van der Waals surface area contributed by atoms with Gasteiger partial charge in [-0.3, -0.25) is 9.78 Å². The maximum Gasteiger partial charge on any atom is 0.228 e. The number of aromatic nitrogens is 1. The molecular formula is C13H11ClN2O. The summed E-state index contributed by atoms with van der Waals surface area (Å²) in [7, 11) is 0. The SMILES string of the molecule is O=C1CC(Cl)CN1c1cccc2cnccc12. The van der Waals surface area contributed by atoms with Crippen LogP contribution in [0.4, 0.5) is 5.69 Å². The molecule has 4 heteroatoms. The summed E-state index contributed by atoms with van der Waals surface area (Å²) in [6, 6.07) is 7.81. The van der Waals surface area contributed by atoms with Crippen LogP contribution in [-0.2, 0) is 4.79 Å². The van der Waals surface area contributed by atoms with E-state index in [0.717, 1.165) is 16.5 Å². The Kier molecular flexibility index (Phi) is 2.48. The number of alkyl halides is 1. The van der Waals surface area contributed by atoms with E-state index in [1.54, 1.807) is 17.3 Å². The molecule has 0 N–H and O–H groups in total. The third-order valence-electron chi connectivity index (χ3n) is 3.03. The third-order valence-corrected chi connectivity index (χ3v) is 3.32. The minimum atomic E-state index is -0.0837. The highest BCUT2D eigenvalue weighted by Crippen LogP contribution is 2.30. The van der Waals surface area contributed by atoms with Gasteiger partial charge in [0.25, 0.3) is 0 Å². The van der Waals surface area contributed by atoms with Gasteiger partial charge in [0.15, 0.2) is 0 Å². The van der Waals surface area contributed by atoms with Crippen LogP contribution in [0.1, 0.15) is 6.42 Å². The molecule has 1 aliphatic rings. The molecular weight excluding hydrogens is 236 g/mol. The zero-order valence-electron chi connectivity index (χ0n) is 9.14. The number of nitrogens with zero attached hydrogens (tertiary/aromatic N) is 2. The Hall–Kier alpha value is -1.61. The van der Waals surface area contributed by atoms with E-state index < -0.39 is 0 Å². The number of carbonyl (C=O) groups is 1. The van der Waals surface area contributed by atoms with Crippen molar-refractivity contribution < 1.29 is 4.79 Å². The van der Waals surface area contributed by atoms with Gasteiger partial charge in [-0.2, -0.15) is 0 Å². The lowest BCUT2D eigenvalue weighted by Gasteiger charge is -2.18. The van der Waals surface area contributed by atoms with E-state index in [9.17, 15) is 4.79 Å². The largest absolute Gasteiger partial charge is 0.310 e. The van der Waals surface area contributed by atoms with E-state index >= 15 is 0 Å². The fourth-order valence-corrected chi connectivity index (χ4v) is 2.51. The number of rotatable bonds is 1. The molecule has 0 bridgehead atoms. The lowest BCUT2D eigenvalue weighted by molar-refractivity contribution is -0.117. The van der Waals surface area contributed by atoms with Crippen LogP contribution in [0.3, 0.4) is 0 Å². The van der Waals surface area contributed by atoms with Crippen LogP contribution in [0, 0.1) is 0 Å². The quantitative estimate of drug-likeness (QED) is 0.725. The highest BCUT2D eigenvalue weighted by Gasteiger charge is 2.29. The Labute approximate surface area is 104 Å². The van der Waals surface area contributed by atoms with Crippen LogP contribution in [0.2, 0.25) is 0 Å². The molecule has 1 atom stereocenters. The Balaban J connectivity index is 2.14. The van der Waals surface area contributed by atoms with Crippen molar-refractivity contribution in [3.05, 3.63) is 36.7 Å². The van der Waals surface area contributed by atoms with E-state index in [2.05, 4.69) is 4.98 Å². The van der Waals surface area contributed by atoms with E-state index in [0.29, 0.717) is 13.0 Å². The van der Waals surface area contributed by atoms with Gasteiger partial charge in [-0.05, 0) is 12.1 Å². The second kappa shape index (κ2) is 4.00. The molecule has 1 fully saturated rings. The van der Waals surface area contributed by atoms with E-state index in [-0.39, 0.29) is 11.3 Å². The number of halogens is 1. The first-order valence-electron chi connectivity index (χ1n) is 5.53. The minimum absolute atomic E-state index is 0.0837. The molecule has 1 amide bonds. The van der Waals surface area contributed by atoms with Crippen molar-refractivity contribution in [3.8, 4) is 0 Å². The molecule has 0 saturated carbocycles. The minimum Gasteiger partial charge on any atom is -0.310 e. The number of anilines is 1. The smallest absolute Gasteiger partial charge is 0.228 e. The second-order valence-corrected chi connectivity index (χ2v) is 4.80. The number of amides is 1. The van der Waals surface area contributed by atoms with Crippen molar-refractivity contribution in [2.75, 3.05) is 11.4 Å². The molecule has 3 nitrogen and oxygen atoms in total. The predicted octanol–water partition coefficient (Wildman–Crippen LogP) is 2.58. The average molecular weight is 247 g/mol. The van der Waals surface area contributed by atoms with Crippen molar-refractivity contribution in [2.24, 2.45) is 0 Å². The van der Waals surface area contributed by atoms with Gasteiger partial charge in [-0.25, -0.2) is 0 Å². The lowest BCUT2D eigenvalue weighted by Crippen LogP contribution is -2.24. The molecule has 0 spiro atoms. The van der Waals surface area contributed by atoms with E-state index in [4.69, 9.17) is 11.6 Å². The fourth-order valence-electron chi connectivity index (χ4n) is 2.24. The summed E-state index contributed by atoms with van der Waals surface area (Å²) >= 11 is 6.03. The van der Waals surface area contributed by atoms with Crippen LogP contribution in [0.15, 0.2) is 36.7 Å². The monoisotopic (exact) mass is 246 g/mol. The van der Waals surface area contributed by atoms with Gasteiger partial charge < -0.3 is 4.90 Å². The summed E-state index contributed by atoms with van der Waals surface area (Å²) in [5, 5.41) is 2.00. The van der Waals surface area contributed by atoms with Crippen LogP contribution in [0.25, 0.3) is 10.8 Å². The van der Waals surface area contributed by atoms with Crippen LogP contribution >= 0.6 is 11.6 Å². The van der Waals surface area contributed by atoms with E-state index in [1.807, 2.05) is 24.3 Å². The van der Waals surface area contributed by atoms with Gasteiger partial charge in [-0.1, -0.05) is 12.1 Å². The Bertz CT molecular complexity index is 579. The number of benzene rings is 1. The summed E-state index contributed by atoms with van der Waals surface area (Å²) in [6.07, 6.45) is 3.96. The normalized spacial score (nSPS) is 20.2. The van der Waals surface area contributed by atoms with Gasteiger partial charge in [0.2, 0.25) is 5.91 Å².